The zero-order chi connectivity index (χ0) is 26.8. The van der Waals surface area contributed by atoms with Crippen LogP contribution >= 0.6 is 0 Å². The summed E-state index contributed by atoms with van der Waals surface area (Å²) < 4.78 is 12.7. The Balaban J connectivity index is 1.28. The highest BCUT2D eigenvalue weighted by molar-refractivity contribution is 6.62. The van der Waals surface area contributed by atoms with Crippen LogP contribution in [0, 0.1) is 0 Å². The van der Waals surface area contributed by atoms with E-state index in [0.29, 0.717) is 0 Å². The molecule has 2 nitrogen and oxygen atoms in total. The third kappa shape index (κ3) is 4.04. The van der Waals surface area contributed by atoms with Crippen LogP contribution in [0.25, 0.3) is 43.5 Å². The van der Waals surface area contributed by atoms with E-state index in [4.69, 9.17) is 9.31 Å². The van der Waals surface area contributed by atoms with Crippen LogP contribution in [0.4, 0.5) is 0 Å². The maximum Gasteiger partial charge on any atom is 0.494 e. The molecule has 0 bridgehead atoms. The number of hydrogen-bond donors (Lipinski definition) is 0. The number of fused-ring (bicyclic) bond motifs is 6. The van der Waals surface area contributed by atoms with E-state index in [1.165, 1.54) is 54.6 Å². The van der Waals surface area contributed by atoms with Crippen molar-refractivity contribution >= 4 is 56.0 Å². The second kappa shape index (κ2) is 8.94. The molecule has 0 radical (unpaired) electrons. The molecule has 0 amide bonds. The van der Waals surface area contributed by atoms with Gasteiger partial charge in [0.2, 0.25) is 0 Å². The molecule has 3 heteroatoms. The molecule has 1 fully saturated rings. The van der Waals surface area contributed by atoms with Crippen LogP contribution in [0.3, 0.4) is 0 Å². The Hall–Kier alpha value is -3.66. The molecule has 1 aliphatic carbocycles. The number of rotatable bonds is 3. The van der Waals surface area contributed by atoms with Gasteiger partial charge in [-0.25, -0.2) is 0 Å². The van der Waals surface area contributed by atoms with E-state index in [-0.39, 0.29) is 18.3 Å². The average molecular weight is 508 g/mol. The Bertz CT molecular complexity index is 1770. The zero-order valence-corrected chi connectivity index (χ0v) is 23.1. The lowest BCUT2D eigenvalue weighted by atomic mass is 9.77. The molecular formula is C36H33BO2. The molecular weight excluding hydrogens is 475 g/mol. The first kappa shape index (κ1) is 24.4. The van der Waals surface area contributed by atoms with Gasteiger partial charge in [0.15, 0.2) is 0 Å². The molecule has 1 aliphatic heterocycles. The molecule has 1 saturated heterocycles. The second-order valence-corrected chi connectivity index (χ2v) is 11.9. The van der Waals surface area contributed by atoms with Crippen LogP contribution in [0.1, 0.15) is 51.7 Å². The quantitative estimate of drug-likeness (QED) is 0.179. The molecule has 7 rings (SSSR count). The van der Waals surface area contributed by atoms with Gasteiger partial charge in [-0.3, -0.25) is 0 Å². The van der Waals surface area contributed by atoms with Gasteiger partial charge in [0.1, 0.15) is 0 Å². The minimum absolute atomic E-state index is 0.351. The van der Waals surface area contributed by atoms with Gasteiger partial charge in [-0.15, -0.1) is 0 Å². The van der Waals surface area contributed by atoms with Crippen molar-refractivity contribution in [3.05, 3.63) is 114 Å². The van der Waals surface area contributed by atoms with Crippen LogP contribution in [0.5, 0.6) is 0 Å². The van der Waals surface area contributed by atoms with E-state index < -0.39 is 0 Å². The summed E-state index contributed by atoms with van der Waals surface area (Å²) in [6, 6.07) is 33.2. The van der Waals surface area contributed by atoms with Gasteiger partial charge in [-0.05, 0) is 107 Å². The lowest BCUT2D eigenvalue weighted by molar-refractivity contribution is 0.00578. The van der Waals surface area contributed by atoms with Gasteiger partial charge in [-0.1, -0.05) is 97.1 Å². The molecule has 2 aliphatic rings. The fourth-order valence-electron chi connectivity index (χ4n) is 6.08. The largest absolute Gasteiger partial charge is 0.494 e. The van der Waals surface area contributed by atoms with Gasteiger partial charge in [0.25, 0.3) is 0 Å². The van der Waals surface area contributed by atoms with E-state index in [1.807, 2.05) is 0 Å². The second-order valence-electron chi connectivity index (χ2n) is 11.9. The van der Waals surface area contributed by atoms with Crippen molar-refractivity contribution in [1.29, 1.82) is 0 Å². The van der Waals surface area contributed by atoms with Crippen molar-refractivity contribution in [3.8, 4) is 0 Å². The molecule has 0 aromatic heterocycles. The highest BCUT2D eigenvalue weighted by Gasteiger charge is 2.51. The topological polar surface area (TPSA) is 18.5 Å². The third-order valence-electron chi connectivity index (χ3n) is 8.97. The van der Waals surface area contributed by atoms with Crippen molar-refractivity contribution in [3.63, 3.8) is 0 Å². The van der Waals surface area contributed by atoms with Gasteiger partial charge < -0.3 is 9.31 Å². The van der Waals surface area contributed by atoms with E-state index in [2.05, 4.69) is 131 Å². The maximum atomic E-state index is 6.33. The van der Waals surface area contributed by atoms with Crippen LogP contribution < -0.4 is 5.46 Å². The summed E-state index contributed by atoms with van der Waals surface area (Å²) in [4.78, 5) is 0. The van der Waals surface area contributed by atoms with E-state index >= 15 is 0 Å². The van der Waals surface area contributed by atoms with E-state index in [1.54, 1.807) is 0 Å². The smallest absolute Gasteiger partial charge is 0.399 e. The molecule has 1 heterocycles. The third-order valence-corrected chi connectivity index (χ3v) is 8.97. The van der Waals surface area contributed by atoms with Gasteiger partial charge >= 0.3 is 7.12 Å². The lowest BCUT2D eigenvalue weighted by Gasteiger charge is -2.32. The Morgan fingerprint density at radius 2 is 1.18 bits per heavy atom. The van der Waals surface area contributed by atoms with Gasteiger partial charge in [-0.2, -0.15) is 0 Å². The normalized spacial score (nSPS) is 18.5. The molecule has 5 aromatic rings. The molecule has 0 unspecified atom stereocenters. The fraction of sp³-hybridized carbons (Fsp3) is 0.222. The Labute approximate surface area is 231 Å². The zero-order valence-electron chi connectivity index (χ0n) is 23.1. The fourth-order valence-corrected chi connectivity index (χ4v) is 6.08. The first-order valence-electron chi connectivity index (χ1n) is 14.0. The Morgan fingerprint density at radius 1 is 0.590 bits per heavy atom. The highest BCUT2D eigenvalue weighted by Crippen LogP contribution is 2.39. The minimum atomic E-state index is -0.355. The Morgan fingerprint density at radius 3 is 1.82 bits per heavy atom. The first-order valence-corrected chi connectivity index (χ1v) is 14.0. The lowest BCUT2D eigenvalue weighted by Crippen LogP contribution is -2.41. The van der Waals surface area contributed by atoms with Crippen LogP contribution in [-0.2, 0) is 9.31 Å². The number of benzene rings is 5. The predicted molar refractivity (Wildman–Crippen MR) is 166 cm³/mol. The molecule has 39 heavy (non-hydrogen) atoms. The van der Waals surface area contributed by atoms with E-state index in [9.17, 15) is 0 Å². The first-order chi connectivity index (χ1) is 18.8. The molecule has 0 saturated carbocycles. The average Bonchev–Trinajstić information content (AvgIpc) is 3.19. The van der Waals surface area contributed by atoms with Crippen LogP contribution in [0.2, 0.25) is 0 Å². The van der Waals surface area contributed by atoms with Crippen molar-refractivity contribution in [2.75, 3.05) is 0 Å². The molecule has 0 N–H and O–H groups in total. The Kier molecular flexibility index (Phi) is 5.59. The summed E-state index contributed by atoms with van der Waals surface area (Å²) in [5.41, 5.74) is 5.52. The highest BCUT2D eigenvalue weighted by atomic mass is 16.7. The molecule has 0 atom stereocenters. The number of hydrogen-bond acceptors (Lipinski definition) is 2. The van der Waals surface area contributed by atoms with Crippen molar-refractivity contribution < 1.29 is 9.31 Å². The summed E-state index contributed by atoms with van der Waals surface area (Å²) in [5.74, 6) is 0. The van der Waals surface area contributed by atoms with Crippen molar-refractivity contribution in [1.82, 2.24) is 0 Å². The van der Waals surface area contributed by atoms with Crippen LogP contribution in [-0.4, -0.2) is 18.3 Å². The van der Waals surface area contributed by atoms with Crippen molar-refractivity contribution in [2.45, 2.75) is 51.7 Å². The SMILES string of the molecule is CC1(C)OB(c2cccc(C3=CCCC(c4ccc5c6ccccc6c6ccccc6c5c4)=C3)c2)OC1(C)C. The maximum absolute atomic E-state index is 6.33. The van der Waals surface area contributed by atoms with Gasteiger partial charge in [0, 0.05) is 0 Å². The standard InChI is InChI=1S/C36H33BO2/c1-35(2)36(3,4)39-37(38-35)28-14-10-13-26(22-28)24-11-9-12-25(21-24)27-19-20-33-31-17-6-5-15-29(31)30-16-7-8-18-32(30)34(33)23-27/h5-8,10-11,13-23H,9,12H2,1-4H3. The summed E-state index contributed by atoms with van der Waals surface area (Å²) in [5, 5.41) is 7.90. The summed E-state index contributed by atoms with van der Waals surface area (Å²) in [6.07, 6.45) is 6.80. The van der Waals surface area contributed by atoms with E-state index in [0.717, 1.165) is 18.3 Å². The molecule has 192 valence electrons. The summed E-state index contributed by atoms with van der Waals surface area (Å²) in [7, 11) is -0.355. The molecule has 0 spiro atoms. The van der Waals surface area contributed by atoms with Crippen molar-refractivity contribution in [2.24, 2.45) is 0 Å². The summed E-state index contributed by atoms with van der Waals surface area (Å²) >= 11 is 0. The minimum Gasteiger partial charge on any atom is -0.399 e. The summed E-state index contributed by atoms with van der Waals surface area (Å²) in [6.45, 7) is 8.41. The van der Waals surface area contributed by atoms with Gasteiger partial charge in [0.05, 0.1) is 11.2 Å². The number of allylic oxidation sites excluding steroid dienone is 4. The van der Waals surface area contributed by atoms with Crippen LogP contribution in [0.15, 0.2) is 103 Å². The predicted octanol–water partition coefficient (Wildman–Crippen LogP) is 8.71. The monoisotopic (exact) mass is 508 g/mol. The molecule has 5 aromatic carbocycles.